The van der Waals surface area contributed by atoms with Gasteiger partial charge in [-0.25, -0.2) is 4.57 Å². The highest BCUT2D eigenvalue weighted by atomic mass is 31.2. The van der Waals surface area contributed by atoms with E-state index in [1.165, 1.54) is 13.8 Å². The van der Waals surface area contributed by atoms with Gasteiger partial charge in [0.25, 0.3) is 0 Å². The molecule has 0 aromatic carbocycles. The summed E-state index contributed by atoms with van der Waals surface area (Å²) in [6.45, 7) is 12.0. The topological polar surface area (TPSA) is 80.3 Å². The molecule has 1 fully saturated rings. The summed E-state index contributed by atoms with van der Waals surface area (Å²) in [6.07, 6.45) is 3.29. The predicted octanol–water partition coefficient (Wildman–Crippen LogP) is 5.75. The lowest BCUT2D eigenvalue weighted by Gasteiger charge is -2.38. The van der Waals surface area contributed by atoms with Crippen molar-refractivity contribution in [2.45, 2.75) is 72.6 Å². The molecule has 1 heterocycles. The minimum absolute atomic E-state index is 0.234. The van der Waals surface area contributed by atoms with Crippen LogP contribution < -0.4 is 0 Å². The Hall–Kier alpha value is 0.260. The van der Waals surface area contributed by atoms with Crippen molar-refractivity contribution in [1.29, 1.82) is 0 Å². The Labute approximate surface area is 152 Å². The molecule has 0 radical (unpaired) electrons. The lowest BCUT2D eigenvalue weighted by molar-refractivity contribution is -0.0208. The molecule has 0 aromatic heterocycles. The third kappa shape index (κ3) is 7.06. The van der Waals surface area contributed by atoms with Crippen molar-refractivity contribution in [3.8, 4) is 0 Å². The second-order valence-electron chi connectivity index (χ2n) is 7.57. The summed E-state index contributed by atoms with van der Waals surface area (Å²) in [4.78, 5) is 0. The van der Waals surface area contributed by atoms with E-state index in [2.05, 4.69) is 0 Å². The summed E-state index contributed by atoms with van der Waals surface area (Å²) in [6, 6.07) is 0. The SMILES string of the molecule is CCCCOP(=O)(OCCCC)C(C)(C)OP1(=O)OCC(C)(C)CO1. The van der Waals surface area contributed by atoms with Crippen molar-refractivity contribution in [3.63, 3.8) is 0 Å². The van der Waals surface area contributed by atoms with Crippen LogP contribution in [0.4, 0.5) is 0 Å². The lowest BCUT2D eigenvalue weighted by atomic mass is 9.97. The van der Waals surface area contributed by atoms with Crippen molar-refractivity contribution in [2.75, 3.05) is 26.4 Å². The highest BCUT2D eigenvalue weighted by molar-refractivity contribution is 7.56. The van der Waals surface area contributed by atoms with Gasteiger partial charge < -0.3 is 9.05 Å². The molecule has 1 aliphatic rings. The largest absolute Gasteiger partial charge is 0.475 e. The van der Waals surface area contributed by atoms with Gasteiger partial charge in [-0.1, -0.05) is 40.5 Å². The van der Waals surface area contributed by atoms with Crippen molar-refractivity contribution < 1.29 is 31.7 Å². The van der Waals surface area contributed by atoms with E-state index in [0.717, 1.165) is 25.7 Å². The number of unbranched alkanes of at least 4 members (excludes halogenated alkanes) is 2. The zero-order valence-electron chi connectivity index (χ0n) is 16.4. The Bertz CT molecular complexity index is 477. The molecular weight excluding hydrogens is 366 g/mol. The predicted molar refractivity (Wildman–Crippen MR) is 97.8 cm³/mol. The number of phosphoric acid groups is 1. The Kier molecular flexibility index (Phi) is 8.81. The molecule has 0 amide bonds. The van der Waals surface area contributed by atoms with Gasteiger partial charge in [0.05, 0.1) is 26.4 Å². The van der Waals surface area contributed by atoms with Gasteiger partial charge in [-0.3, -0.25) is 18.1 Å². The van der Waals surface area contributed by atoms with Gasteiger partial charge in [0.15, 0.2) is 5.34 Å². The third-order valence-electron chi connectivity index (χ3n) is 3.74. The van der Waals surface area contributed by atoms with Crippen molar-refractivity contribution in [1.82, 2.24) is 0 Å². The van der Waals surface area contributed by atoms with Crippen LogP contribution >= 0.6 is 15.4 Å². The van der Waals surface area contributed by atoms with Crippen LogP contribution in [0.5, 0.6) is 0 Å². The molecule has 150 valence electrons. The van der Waals surface area contributed by atoms with Crippen LogP contribution in [0.1, 0.15) is 67.2 Å². The molecule has 1 rings (SSSR count). The van der Waals surface area contributed by atoms with Crippen LogP contribution in [0.25, 0.3) is 0 Å². The van der Waals surface area contributed by atoms with E-state index in [-0.39, 0.29) is 31.8 Å². The maximum Gasteiger partial charge on any atom is 0.475 e. The molecule has 1 aliphatic heterocycles. The fraction of sp³-hybridized carbons (Fsp3) is 1.00. The van der Waals surface area contributed by atoms with Crippen LogP contribution in [0, 0.1) is 5.41 Å². The van der Waals surface area contributed by atoms with E-state index in [0.29, 0.717) is 0 Å². The first-order chi connectivity index (χ1) is 11.5. The highest BCUT2D eigenvalue weighted by Crippen LogP contribution is 2.68. The van der Waals surface area contributed by atoms with E-state index in [1.54, 1.807) is 0 Å². The molecule has 0 unspecified atom stereocenters. The minimum Gasteiger partial charge on any atom is -0.307 e. The average molecular weight is 400 g/mol. The van der Waals surface area contributed by atoms with Crippen LogP contribution in [0.15, 0.2) is 0 Å². The smallest absolute Gasteiger partial charge is 0.307 e. The van der Waals surface area contributed by atoms with Crippen molar-refractivity contribution in [2.24, 2.45) is 5.41 Å². The summed E-state index contributed by atoms with van der Waals surface area (Å²) in [5.74, 6) is 0. The Morgan fingerprint density at radius 3 is 1.88 bits per heavy atom. The summed E-state index contributed by atoms with van der Waals surface area (Å²) < 4.78 is 53.5. The molecule has 0 atom stereocenters. The summed E-state index contributed by atoms with van der Waals surface area (Å²) in [7, 11) is -7.50. The molecule has 0 aliphatic carbocycles. The molecule has 0 N–H and O–H groups in total. The maximum absolute atomic E-state index is 13.3. The molecule has 9 heteroatoms. The Morgan fingerprint density at radius 1 is 1.04 bits per heavy atom. The van der Waals surface area contributed by atoms with E-state index in [4.69, 9.17) is 22.6 Å². The van der Waals surface area contributed by atoms with Gasteiger partial charge >= 0.3 is 15.4 Å². The minimum atomic E-state index is -3.82. The molecule has 0 bridgehead atoms. The van der Waals surface area contributed by atoms with Crippen LogP contribution in [-0.2, 0) is 31.7 Å². The van der Waals surface area contributed by atoms with Gasteiger partial charge in [0.1, 0.15) is 0 Å². The molecule has 0 spiro atoms. The van der Waals surface area contributed by atoms with Gasteiger partial charge in [0, 0.05) is 5.41 Å². The average Bonchev–Trinajstić information content (AvgIpc) is 2.51. The quantitative estimate of drug-likeness (QED) is 0.323. The van der Waals surface area contributed by atoms with E-state index >= 15 is 0 Å². The van der Waals surface area contributed by atoms with Gasteiger partial charge in [0.2, 0.25) is 0 Å². The first-order valence-corrected chi connectivity index (χ1v) is 12.0. The van der Waals surface area contributed by atoms with Crippen LogP contribution in [0.3, 0.4) is 0 Å². The normalized spacial score (nSPS) is 20.6. The van der Waals surface area contributed by atoms with Crippen LogP contribution in [0.2, 0.25) is 0 Å². The second-order valence-corrected chi connectivity index (χ2v) is 11.7. The van der Waals surface area contributed by atoms with Gasteiger partial charge in [-0.15, -0.1) is 0 Å². The molecule has 25 heavy (non-hydrogen) atoms. The molecule has 0 aromatic rings. The monoisotopic (exact) mass is 400 g/mol. The fourth-order valence-corrected chi connectivity index (χ4v) is 5.85. The van der Waals surface area contributed by atoms with E-state index < -0.39 is 20.8 Å². The maximum atomic E-state index is 13.3. The summed E-state index contributed by atoms with van der Waals surface area (Å²) >= 11 is 0. The van der Waals surface area contributed by atoms with Crippen LogP contribution in [-0.4, -0.2) is 31.8 Å². The second kappa shape index (κ2) is 9.45. The molecule has 0 saturated carbocycles. The molecule has 7 nitrogen and oxygen atoms in total. The molecular formula is C16H34O7P2. The highest BCUT2D eigenvalue weighted by Gasteiger charge is 2.52. The van der Waals surface area contributed by atoms with Gasteiger partial charge in [-0.2, -0.15) is 0 Å². The standard InChI is InChI=1S/C16H34O7P2/c1-7-9-11-19-24(17,20-12-10-8-2)16(5,6)23-25(18)21-13-15(3,4)14-22-25/h7-14H2,1-6H3. The lowest BCUT2D eigenvalue weighted by Crippen LogP contribution is -2.33. The first-order valence-electron chi connectivity index (χ1n) is 8.98. The van der Waals surface area contributed by atoms with Crippen molar-refractivity contribution in [3.05, 3.63) is 0 Å². The number of phosphoric ester groups is 1. The molecule has 1 saturated heterocycles. The third-order valence-corrected chi connectivity index (χ3v) is 7.91. The van der Waals surface area contributed by atoms with Gasteiger partial charge in [-0.05, 0) is 26.7 Å². The Balaban J connectivity index is 2.86. The van der Waals surface area contributed by atoms with Crippen molar-refractivity contribution >= 4 is 15.4 Å². The zero-order chi connectivity index (χ0) is 19.2. The number of hydrogen-bond acceptors (Lipinski definition) is 7. The zero-order valence-corrected chi connectivity index (χ0v) is 18.2. The number of rotatable bonds is 11. The first kappa shape index (κ1) is 23.3. The van der Waals surface area contributed by atoms with E-state index in [9.17, 15) is 9.13 Å². The number of hydrogen-bond donors (Lipinski definition) is 0. The summed E-state index contributed by atoms with van der Waals surface area (Å²) in [5.41, 5.74) is -0.250. The van der Waals surface area contributed by atoms with E-state index in [1.807, 2.05) is 27.7 Å². The summed E-state index contributed by atoms with van der Waals surface area (Å²) in [5, 5.41) is -1.45. The fourth-order valence-electron chi connectivity index (χ4n) is 1.97. The Morgan fingerprint density at radius 2 is 1.48 bits per heavy atom.